The summed E-state index contributed by atoms with van der Waals surface area (Å²) >= 11 is 3.54. The summed E-state index contributed by atoms with van der Waals surface area (Å²) in [6, 6.07) is 7.36. The van der Waals surface area contributed by atoms with Crippen molar-refractivity contribution in [3.8, 4) is 0 Å². The molecule has 1 fully saturated rings. The number of nitrogens with zero attached hydrogens (tertiary/aromatic N) is 2. The Morgan fingerprint density at radius 3 is 3.00 bits per heavy atom. The van der Waals surface area contributed by atoms with Gasteiger partial charge in [-0.2, -0.15) is 0 Å². The molecule has 0 unspecified atom stereocenters. The van der Waals surface area contributed by atoms with Crippen LogP contribution in [0.5, 0.6) is 0 Å². The first-order chi connectivity index (χ1) is 10.3. The maximum absolute atomic E-state index is 14.0. The summed E-state index contributed by atoms with van der Waals surface area (Å²) < 4.78 is 15.0. The number of hydrogen-bond donors (Lipinski definition) is 0. The van der Waals surface area contributed by atoms with Crippen LogP contribution < -0.4 is 0 Å². The average molecular weight is 316 g/mol. The maximum atomic E-state index is 14.0. The molecule has 5 heteroatoms. The van der Waals surface area contributed by atoms with E-state index in [0.717, 1.165) is 28.3 Å². The summed E-state index contributed by atoms with van der Waals surface area (Å²) in [7, 11) is 0. The summed E-state index contributed by atoms with van der Waals surface area (Å²) in [6.45, 7) is 1.84. The number of benzene rings is 1. The van der Waals surface area contributed by atoms with Gasteiger partial charge in [0.2, 0.25) is 0 Å². The topological polar surface area (TPSA) is 15.6 Å². The van der Waals surface area contributed by atoms with Gasteiger partial charge in [0.05, 0.1) is 17.1 Å². The molecule has 0 atom stereocenters. The van der Waals surface area contributed by atoms with Crippen molar-refractivity contribution >= 4 is 44.0 Å². The molecule has 106 valence electrons. The molecular formula is C16H13FN2S2. The second-order valence-electron chi connectivity index (χ2n) is 5.67. The van der Waals surface area contributed by atoms with Gasteiger partial charge in [-0.3, -0.25) is 4.99 Å². The van der Waals surface area contributed by atoms with Crippen LogP contribution in [-0.4, -0.2) is 23.2 Å². The molecule has 0 spiro atoms. The van der Waals surface area contributed by atoms with E-state index in [-0.39, 0.29) is 5.82 Å². The second-order valence-corrected chi connectivity index (χ2v) is 7.76. The number of allylic oxidation sites excluding steroid dienone is 1. The van der Waals surface area contributed by atoms with Crippen LogP contribution >= 0.6 is 23.1 Å². The number of thioether (sulfide) groups is 1. The Kier molecular flexibility index (Phi) is 2.53. The highest BCUT2D eigenvalue weighted by molar-refractivity contribution is 8.17. The lowest BCUT2D eigenvalue weighted by molar-refractivity contribution is 0.639. The van der Waals surface area contributed by atoms with E-state index >= 15 is 0 Å². The third kappa shape index (κ3) is 1.80. The van der Waals surface area contributed by atoms with Gasteiger partial charge in [0.15, 0.2) is 5.17 Å². The molecule has 3 heterocycles. The monoisotopic (exact) mass is 316 g/mol. The van der Waals surface area contributed by atoms with Crippen molar-refractivity contribution in [3.05, 3.63) is 39.9 Å². The number of fused-ring (bicyclic) bond motifs is 2. The van der Waals surface area contributed by atoms with Gasteiger partial charge in [-0.25, -0.2) is 4.39 Å². The van der Waals surface area contributed by atoms with Crippen LogP contribution in [0.2, 0.25) is 0 Å². The van der Waals surface area contributed by atoms with Crippen molar-refractivity contribution in [2.45, 2.75) is 12.8 Å². The molecule has 1 saturated carbocycles. The number of hydrogen-bond acceptors (Lipinski definition) is 4. The van der Waals surface area contributed by atoms with Crippen molar-refractivity contribution in [3.63, 3.8) is 0 Å². The molecule has 2 nitrogen and oxygen atoms in total. The Morgan fingerprint density at radius 1 is 1.29 bits per heavy atom. The maximum Gasteiger partial charge on any atom is 0.168 e. The van der Waals surface area contributed by atoms with Gasteiger partial charge in [0.1, 0.15) is 5.82 Å². The fourth-order valence-corrected chi connectivity index (χ4v) is 5.59. The van der Waals surface area contributed by atoms with Crippen molar-refractivity contribution in [1.29, 1.82) is 0 Å². The molecule has 3 aliphatic rings. The number of halogens is 1. The molecule has 0 amide bonds. The molecule has 0 N–H and O–H groups in total. The number of rotatable bonds is 2. The molecule has 0 radical (unpaired) electrons. The largest absolute Gasteiger partial charge is 0.317 e. The molecule has 2 aromatic rings. The van der Waals surface area contributed by atoms with Crippen molar-refractivity contribution in [2.24, 2.45) is 10.9 Å². The predicted molar refractivity (Wildman–Crippen MR) is 88.0 cm³/mol. The zero-order valence-electron chi connectivity index (χ0n) is 11.3. The average Bonchev–Trinajstić information content (AvgIpc) is 2.93. The smallest absolute Gasteiger partial charge is 0.168 e. The van der Waals surface area contributed by atoms with Gasteiger partial charge in [0.25, 0.3) is 0 Å². The third-order valence-electron chi connectivity index (χ3n) is 4.20. The normalized spacial score (nSPS) is 21.4. The zero-order chi connectivity index (χ0) is 14.0. The van der Waals surface area contributed by atoms with Gasteiger partial charge in [-0.05, 0) is 37.0 Å². The van der Waals surface area contributed by atoms with Crippen LogP contribution in [0.25, 0.3) is 15.8 Å². The van der Waals surface area contributed by atoms with E-state index in [0.29, 0.717) is 5.92 Å². The highest BCUT2D eigenvalue weighted by atomic mass is 32.2. The lowest BCUT2D eigenvalue weighted by Crippen LogP contribution is -2.19. The Labute approximate surface area is 130 Å². The molecule has 1 aromatic heterocycles. The van der Waals surface area contributed by atoms with Crippen LogP contribution in [0.15, 0.2) is 34.2 Å². The summed E-state index contributed by atoms with van der Waals surface area (Å²) in [5.41, 5.74) is 1.30. The summed E-state index contributed by atoms with van der Waals surface area (Å²) in [5, 5.41) is 1.89. The highest BCUT2D eigenvalue weighted by Gasteiger charge is 2.40. The highest BCUT2D eigenvalue weighted by Crippen LogP contribution is 2.53. The van der Waals surface area contributed by atoms with Gasteiger partial charge in [0, 0.05) is 21.5 Å². The zero-order valence-corrected chi connectivity index (χ0v) is 12.9. The van der Waals surface area contributed by atoms with Gasteiger partial charge in [-0.15, -0.1) is 11.3 Å². The van der Waals surface area contributed by atoms with E-state index in [2.05, 4.69) is 9.89 Å². The Balaban J connectivity index is 1.70. The number of thiophene rings is 1. The first kappa shape index (κ1) is 12.2. The van der Waals surface area contributed by atoms with E-state index < -0.39 is 0 Å². The minimum absolute atomic E-state index is 0.121. The molecule has 2 aliphatic heterocycles. The first-order valence-electron chi connectivity index (χ1n) is 7.24. The van der Waals surface area contributed by atoms with Crippen LogP contribution in [-0.2, 0) is 0 Å². The van der Waals surface area contributed by atoms with Crippen molar-refractivity contribution < 1.29 is 4.39 Å². The first-order valence-corrected chi connectivity index (χ1v) is 8.87. The minimum Gasteiger partial charge on any atom is -0.317 e. The second kappa shape index (κ2) is 4.34. The third-order valence-corrected chi connectivity index (χ3v) is 6.58. The molecule has 21 heavy (non-hydrogen) atoms. The van der Waals surface area contributed by atoms with E-state index in [1.807, 2.05) is 23.9 Å². The van der Waals surface area contributed by atoms with Crippen LogP contribution in [0.1, 0.15) is 17.7 Å². The van der Waals surface area contributed by atoms with E-state index in [1.54, 1.807) is 23.5 Å². The number of aliphatic imine (C=N–C) groups is 1. The quantitative estimate of drug-likeness (QED) is 0.808. The van der Waals surface area contributed by atoms with Crippen LogP contribution in [0, 0.1) is 11.7 Å². The fourth-order valence-electron chi connectivity index (χ4n) is 3.02. The Morgan fingerprint density at radius 2 is 2.19 bits per heavy atom. The minimum atomic E-state index is -0.121. The molecule has 1 aromatic carbocycles. The van der Waals surface area contributed by atoms with Crippen LogP contribution in [0.4, 0.5) is 4.39 Å². The van der Waals surface area contributed by atoms with E-state index in [1.165, 1.54) is 28.3 Å². The summed E-state index contributed by atoms with van der Waals surface area (Å²) in [6.07, 6.45) is 2.57. The Bertz CT molecular complexity index is 817. The number of amidine groups is 1. The van der Waals surface area contributed by atoms with Gasteiger partial charge in [-0.1, -0.05) is 17.8 Å². The Hall–Kier alpha value is -1.33. The molecule has 1 aliphatic carbocycles. The van der Waals surface area contributed by atoms with Crippen molar-refractivity contribution in [2.75, 3.05) is 13.1 Å². The molecule has 5 rings (SSSR count). The molecule has 0 bridgehead atoms. The lowest BCUT2D eigenvalue weighted by atomic mass is 10.2. The SMILES string of the molecule is Fc1cccc2sc(C3=C(C4CC4)SC4=NCCN43)cc12. The standard InChI is InChI=1S/C16H13FN2S2/c17-11-2-1-3-12-10(11)8-13(20-12)14-15(9-4-5-9)21-16-18-6-7-19(14)16/h1-3,8-9H,4-7H2. The van der Waals surface area contributed by atoms with Crippen LogP contribution in [0.3, 0.4) is 0 Å². The summed E-state index contributed by atoms with van der Waals surface area (Å²) in [5.74, 6) is 0.581. The lowest BCUT2D eigenvalue weighted by Gasteiger charge is -2.15. The van der Waals surface area contributed by atoms with E-state index in [4.69, 9.17) is 0 Å². The summed E-state index contributed by atoms with van der Waals surface area (Å²) in [4.78, 5) is 9.58. The molecular weight excluding hydrogens is 303 g/mol. The molecule has 0 saturated heterocycles. The predicted octanol–water partition coefficient (Wildman–Crippen LogP) is 4.54. The van der Waals surface area contributed by atoms with Gasteiger partial charge >= 0.3 is 0 Å². The van der Waals surface area contributed by atoms with Crippen molar-refractivity contribution in [1.82, 2.24) is 4.90 Å². The van der Waals surface area contributed by atoms with Gasteiger partial charge < -0.3 is 4.90 Å². The van der Waals surface area contributed by atoms with E-state index in [9.17, 15) is 4.39 Å². The fraction of sp³-hybridized carbons (Fsp3) is 0.312.